The fourth-order valence-corrected chi connectivity index (χ4v) is 3.17. The van der Waals surface area contributed by atoms with Crippen molar-refractivity contribution in [3.05, 3.63) is 53.6 Å². The Morgan fingerprint density at radius 2 is 2.00 bits per heavy atom. The number of carboxylic acid groups (broad SMARTS) is 1. The lowest BCUT2D eigenvalue weighted by atomic mass is 9.99. The van der Waals surface area contributed by atoms with Crippen LogP contribution in [0.1, 0.15) is 29.3 Å². The van der Waals surface area contributed by atoms with Crippen molar-refractivity contribution in [1.29, 1.82) is 0 Å². The number of aliphatic carboxylic acids is 1. The van der Waals surface area contributed by atoms with Crippen LogP contribution in [0.5, 0.6) is 5.75 Å². The molecule has 0 amide bonds. The van der Waals surface area contributed by atoms with Gasteiger partial charge in [0.2, 0.25) is 5.60 Å². The number of carbonyl (C=O) groups excluding carboxylic acids is 1. The van der Waals surface area contributed by atoms with Crippen LogP contribution in [0, 0.1) is 5.92 Å². The third kappa shape index (κ3) is 2.16. The van der Waals surface area contributed by atoms with Crippen molar-refractivity contribution in [2.24, 2.45) is 5.92 Å². The summed E-state index contributed by atoms with van der Waals surface area (Å²) in [4.78, 5) is 23.1. The van der Waals surface area contributed by atoms with Crippen molar-refractivity contribution < 1.29 is 24.2 Å². The molecule has 1 aliphatic heterocycles. The van der Waals surface area contributed by atoms with Gasteiger partial charge in [-0.25, -0.2) is 9.59 Å². The molecule has 1 N–H and O–H groups in total. The minimum atomic E-state index is -1.13. The molecule has 122 valence electrons. The summed E-state index contributed by atoms with van der Waals surface area (Å²) in [5.41, 5.74) is 1.96. The number of ether oxygens (including phenoxy) is 2. The third-order valence-corrected chi connectivity index (χ3v) is 4.78. The van der Waals surface area contributed by atoms with E-state index in [4.69, 9.17) is 9.47 Å². The Balaban J connectivity index is 1.73. The highest BCUT2D eigenvalue weighted by Gasteiger charge is 2.61. The summed E-state index contributed by atoms with van der Waals surface area (Å²) in [6.07, 6.45) is 0.503. The van der Waals surface area contributed by atoms with Gasteiger partial charge >= 0.3 is 11.9 Å². The van der Waals surface area contributed by atoms with Crippen LogP contribution in [0.25, 0.3) is 11.1 Å². The molecular formula is C19H16O5. The average molecular weight is 324 g/mol. The fraction of sp³-hybridized carbons (Fsp3) is 0.263. The fourth-order valence-electron chi connectivity index (χ4n) is 3.17. The Morgan fingerprint density at radius 1 is 1.25 bits per heavy atom. The molecule has 0 spiro atoms. The number of fused-ring (bicyclic) bond motifs is 1. The molecule has 2 aromatic carbocycles. The second-order valence-corrected chi connectivity index (χ2v) is 6.35. The van der Waals surface area contributed by atoms with E-state index < -0.39 is 11.6 Å². The zero-order chi connectivity index (χ0) is 16.9. The number of hydrogen-bond donors (Lipinski definition) is 1. The number of esters is 1. The largest absolute Gasteiger partial charge is 0.478 e. The maximum absolute atomic E-state index is 11.6. The molecule has 0 aromatic heterocycles. The first-order valence-electron chi connectivity index (χ1n) is 7.83. The van der Waals surface area contributed by atoms with Gasteiger partial charge in [0, 0.05) is 23.5 Å². The lowest BCUT2D eigenvalue weighted by molar-refractivity contribution is -0.148. The van der Waals surface area contributed by atoms with Crippen LogP contribution in [-0.2, 0) is 16.1 Å². The van der Waals surface area contributed by atoms with E-state index in [2.05, 4.69) is 0 Å². The molecule has 2 aliphatic rings. The number of rotatable bonds is 4. The molecule has 2 atom stereocenters. The molecular weight excluding hydrogens is 308 g/mol. The molecule has 5 nitrogen and oxygen atoms in total. The number of carboxylic acids is 1. The molecule has 1 saturated carbocycles. The van der Waals surface area contributed by atoms with E-state index in [1.54, 1.807) is 12.1 Å². The van der Waals surface area contributed by atoms with Gasteiger partial charge in [0.15, 0.2) is 0 Å². The van der Waals surface area contributed by atoms with Crippen LogP contribution < -0.4 is 4.74 Å². The van der Waals surface area contributed by atoms with E-state index in [1.165, 1.54) is 0 Å². The van der Waals surface area contributed by atoms with Gasteiger partial charge in [0.1, 0.15) is 12.4 Å². The first-order chi connectivity index (χ1) is 11.5. The maximum atomic E-state index is 11.6. The minimum absolute atomic E-state index is 0.0194. The monoisotopic (exact) mass is 324 g/mol. The standard InChI is InChI=1S/C19H16O5/c1-11-9-19(11,18(21)22)24-16-5-3-2-4-14(16)12-6-7-15-13(8-12)10-23-17(15)20/h2-8,11H,9-10H2,1H3,(H,21,22). The van der Waals surface area contributed by atoms with Crippen LogP contribution in [0.3, 0.4) is 0 Å². The van der Waals surface area contributed by atoms with Crippen molar-refractivity contribution in [3.8, 4) is 16.9 Å². The first kappa shape index (κ1) is 14.8. The Hall–Kier alpha value is -2.82. The molecule has 4 rings (SSSR count). The SMILES string of the molecule is CC1CC1(Oc1ccccc1-c1ccc2c(c1)COC2=O)C(=O)O. The predicted molar refractivity (Wildman–Crippen MR) is 85.8 cm³/mol. The highest BCUT2D eigenvalue weighted by Crippen LogP contribution is 2.48. The second-order valence-electron chi connectivity index (χ2n) is 6.35. The van der Waals surface area contributed by atoms with Crippen LogP contribution >= 0.6 is 0 Å². The number of hydrogen-bond acceptors (Lipinski definition) is 4. The van der Waals surface area contributed by atoms with E-state index in [-0.39, 0.29) is 18.5 Å². The van der Waals surface area contributed by atoms with Crippen molar-refractivity contribution >= 4 is 11.9 Å². The van der Waals surface area contributed by atoms with Gasteiger partial charge in [0.05, 0.1) is 5.56 Å². The molecule has 1 heterocycles. The van der Waals surface area contributed by atoms with E-state index in [0.29, 0.717) is 17.7 Å². The summed E-state index contributed by atoms with van der Waals surface area (Å²) in [5, 5.41) is 9.47. The van der Waals surface area contributed by atoms with Gasteiger partial charge in [-0.2, -0.15) is 0 Å². The van der Waals surface area contributed by atoms with Gasteiger partial charge in [-0.3, -0.25) is 0 Å². The summed E-state index contributed by atoms with van der Waals surface area (Å²) in [7, 11) is 0. The van der Waals surface area contributed by atoms with Crippen molar-refractivity contribution in [3.63, 3.8) is 0 Å². The third-order valence-electron chi connectivity index (χ3n) is 4.78. The Bertz CT molecular complexity index is 857. The second kappa shape index (κ2) is 5.09. The summed E-state index contributed by atoms with van der Waals surface area (Å²) in [6.45, 7) is 2.14. The summed E-state index contributed by atoms with van der Waals surface area (Å²) >= 11 is 0. The molecule has 0 radical (unpaired) electrons. The number of benzene rings is 2. The van der Waals surface area contributed by atoms with Crippen LogP contribution in [-0.4, -0.2) is 22.6 Å². The Kier molecular flexibility index (Phi) is 3.13. The predicted octanol–water partition coefficient (Wildman–Crippen LogP) is 3.27. The first-order valence-corrected chi connectivity index (χ1v) is 7.83. The minimum Gasteiger partial charge on any atom is -0.478 e. The van der Waals surface area contributed by atoms with Gasteiger partial charge in [-0.1, -0.05) is 31.2 Å². The van der Waals surface area contributed by atoms with Crippen LogP contribution in [0.2, 0.25) is 0 Å². The highest BCUT2D eigenvalue weighted by atomic mass is 16.5. The zero-order valence-electron chi connectivity index (χ0n) is 13.1. The molecule has 0 bridgehead atoms. The van der Waals surface area contributed by atoms with Crippen molar-refractivity contribution in [2.75, 3.05) is 0 Å². The summed E-state index contributed by atoms with van der Waals surface area (Å²) in [5.74, 6) is -0.723. The summed E-state index contributed by atoms with van der Waals surface area (Å²) < 4.78 is 10.9. The van der Waals surface area contributed by atoms with Gasteiger partial charge in [-0.15, -0.1) is 0 Å². The molecule has 24 heavy (non-hydrogen) atoms. The molecule has 5 heteroatoms. The van der Waals surface area contributed by atoms with Gasteiger partial charge in [0.25, 0.3) is 0 Å². The van der Waals surface area contributed by atoms with Gasteiger partial charge < -0.3 is 14.6 Å². The van der Waals surface area contributed by atoms with Crippen molar-refractivity contribution in [2.45, 2.75) is 25.6 Å². The average Bonchev–Trinajstić information content (AvgIpc) is 3.08. The van der Waals surface area contributed by atoms with E-state index in [1.807, 2.05) is 37.3 Å². The lowest BCUT2D eigenvalue weighted by Gasteiger charge is -2.18. The van der Waals surface area contributed by atoms with E-state index >= 15 is 0 Å². The summed E-state index contributed by atoms with van der Waals surface area (Å²) in [6, 6.07) is 12.8. The van der Waals surface area contributed by atoms with Gasteiger partial charge in [-0.05, 0) is 23.8 Å². The molecule has 0 saturated heterocycles. The van der Waals surface area contributed by atoms with E-state index in [0.717, 1.165) is 16.7 Å². The maximum Gasteiger partial charge on any atom is 0.348 e. The van der Waals surface area contributed by atoms with Crippen molar-refractivity contribution in [1.82, 2.24) is 0 Å². The topological polar surface area (TPSA) is 72.8 Å². The van der Waals surface area contributed by atoms with Crippen LogP contribution in [0.15, 0.2) is 42.5 Å². The molecule has 2 aromatic rings. The Morgan fingerprint density at radius 3 is 2.71 bits per heavy atom. The molecule has 1 aliphatic carbocycles. The number of para-hydroxylation sites is 1. The van der Waals surface area contributed by atoms with E-state index in [9.17, 15) is 14.7 Å². The zero-order valence-corrected chi connectivity index (χ0v) is 13.1. The number of carbonyl (C=O) groups is 2. The highest BCUT2D eigenvalue weighted by molar-refractivity contribution is 5.94. The lowest BCUT2D eigenvalue weighted by Crippen LogP contribution is -2.31. The Labute approximate surface area is 138 Å². The molecule has 1 fully saturated rings. The van der Waals surface area contributed by atoms with Crippen LogP contribution in [0.4, 0.5) is 0 Å². The number of cyclic esters (lactones) is 1. The smallest absolute Gasteiger partial charge is 0.348 e. The quantitative estimate of drug-likeness (QED) is 0.874. The molecule has 2 unspecified atom stereocenters. The normalized spacial score (nSPS) is 24.2.